The Bertz CT molecular complexity index is 974. The second-order valence-electron chi connectivity index (χ2n) is 6.93. The Kier molecular flexibility index (Phi) is 7.37. The Hall–Kier alpha value is -2.97. The molecule has 7 nitrogen and oxygen atoms in total. The topological polar surface area (TPSA) is 81.1 Å². The fourth-order valence-corrected chi connectivity index (χ4v) is 3.22. The summed E-state index contributed by atoms with van der Waals surface area (Å²) in [6, 6.07) is 11.4. The number of rotatable bonds is 6. The Balaban J connectivity index is 0.00000256. The van der Waals surface area contributed by atoms with E-state index in [0.717, 1.165) is 31.5 Å². The van der Waals surface area contributed by atoms with Gasteiger partial charge in [-0.25, -0.2) is 9.37 Å². The molecule has 1 aromatic carbocycles. The summed E-state index contributed by atoms with van der Waals surface area (Å²) in [4.78, 5) is 16.6. The van der Waals surface area contributed by atoms with Gasteiger partial charge in [-0.1, -0.05) is 12.1 Å². The summed E-state index contributed by atoms with van der Waals surface area (Å²) in [6.45, 7) is 2.23. The number of aromatic nitrogens is 3. The summed E-state index contributed by atoms with van der Waals surface area (Å²) >= 11 is 0. The Morgan fingerprint density at radius 1 is 1.30 bits per heavy atom. The summed E-state index contributed by atoms with van der Waals surface area (Å²) < 4.78 is 20.6. The van der Waals surface area contributed by atoms with Gasteiger partial charge in [0.05, 0.1) is 6.04 Å². The van der Waals surface area contributed by atoms with E-state index in [9.17, 15) is 9.18 Å². The van der Waals surface area contributed by atoms with Crippen LogP contribution in [-0.4, -0.2) is 33.8 Å². The number of carbonyl (C=O) groups excluding carboxylic acids is 1. The smallest absolute Gasteiger partial charge is 0.272 e. The Morgan fingerprint density at radius 2 is 2.20 bits per heavy atom. The van der Waals surface area contributed by atoms with Crippen LogP contribution in [0, 0.1) is 5.82 Å². The molecule has 9 heteroatoms. The standard InChI is InChI=1S/C21H22FN5O2.ClH/c22-16-3-1-5-18(11-16)29-20-7-6-15(12-24-20)13-25-21(28)19-8-10-27(26-19)17-4-2-9-23-14-17;/h1,3,5-8,10-12,17,23H,2,4,9,13-14H2,(H,25,28);1H. The molecule has 2 N–H and O–H groups in total. The molecular weight excluding hydrogens is 409 g/mol. The molecule has 1 atom stereocenters. The van der Waals surface area contributed by atoms with Crippen LogP contribution in [0.3, 0.4) is 0 Å². The maximum absolute atomic E-state index is 13.2. The number of hydrogen-bond donors (Lipinski definition) is 2. The zero-order valence-electron chi connectivity index (χ0n) is 16.3. The number of amides is 1. The second-order valence-corrected chi connectivity index (χ2v) is 6.93. The average Bonchev–Trinajstić information content (AvgIpc) is 3.24. The molecule has 4 rings (SSSR count). The minimum Gasteiger partial charge on any atom is -0.439 e. The summed E-state index contributed by atoms with van der Waals surface area (Å²) in [5.74, 6) is 0.129. The van der Waals surface area contributed by atoms with E-state index in [1.54, 1.807) is 36.5 Å². The number of nitrogens with one attached hydrogen (secondary N) is 2. The summed E-state index contributed by atoms with van der Waals surface area (Å²) in [5.41, 5.74) is 1.22. The summed E-state index contributed by atoms with van der Waals surface area (Å²) in [7, 11) is 0. The lowest BCUT2D eigenvalue weighted by Gasteiger charge is -2.22. The zero-order valence-corrected chi connectivity index (χ0v) is 17.1. The highest BCUT2D eigenvalue weighted by molar-refractivity contribution is 5.92. The third-order valence-electron chi connectivity index (χ3n) is 4.76. The number of nitrogens with zero attached hydrogens (tertiary/aromatic N) is 3. The van der Waals surface area contributed by atoms with Crippen LogP contribution in [0.4, 0.5) is 4.39 Å². The van der Waals surface area contributed by atoms with Crippen LogP contribution in [0.25, 0.3) is 0 Å². The Morgan fingerprint density at radius 3 is 2.93 bits per heavy atom. The number of benzene rings is 1. The monoisotopic (exact) mass is 431 g/mol. The second kappa shape index (κ2) is 10.2. The molecule has 0 bridgehead atoms. The van der Waals surface area contributed by atoms with Crippen molar-refractivity contribution in [3.63, 3.8) is 0 Å². The van der Waals surface area contributed by atoms with E-state index in [2.05, 4.69) is 20.7 Å². The minimum absolute atomic E-state index is 0. The van der Waals surface area contributed by atoms with E-state index in [1.807, 2.05) is 10.9 Å². The first-order chi connectivity index (χ1) is 14.2. The normalized spacial score (nSPS) is 15.8. The summed E-state index contributed by atoms with van der Waals surface area (Å²) in [6.07, 6.45) is 5.64. The van der Waals surface area contributed by atoms with Crippen LogP contribution in [0.2, 0.25) is 0 Å². The van der Waals surface area contributed by atoms with Gasteiger partial charge < -0.3 is 15.4 Å². The third kappa shape index (κ3) is 5.55. The Labute approximate surface area is 180 Å². The molecule has 158 valence electrons. The van der Waals surface area contributed by atoms with Crippen LogP contribution in [0.1, 0.15) is 34.9 Å². The molecule has 0 saturated carbocycles. The van der Waals surface area contributed by atoms with Crippen molar-refractivity contribution in [2.45, 2.75) is 25.4 Å². The highest BCUT2D eigenvalue weighted by Crippen LogP contribution is 2.20. The van der Waals surface area contributed by atoms with Crippen molar-refractivity contribution in [2.24, 2.45) is 0 Å². The zero-order chi connectivity index (χ0) is 20.1. The maximum Gasteiger partial charge on any atom is 0.272 e. The van der Waals surface area contributed by atoms with Gasteiger partial charge in [0.2, 0.25) is 5.88 Å². The summed E-state index contributed by atoms with van der Waals surface area (Å²) in [5, 5.41) is 10.6. The molecule has 0 spiro atoms. The minimum atomic E-state index is -0.371. The number of ether oxygens (including phenoxy) is 1. The lowest BCUT2D eigenvalue weighted by molar-refractivity contribution is 0.0944. The third-order valence-corrected chi connectivity index (χ3v) is 4.76. The lowest BCUT2D eigenvalue weighted by Crippen LogP contribution is -2.32. The average molecular weight is 432 g/mol. The quantitative estimate of drug-likeness (QED) is 0.624. The van der Waals surface area contributed by atoms with E-state index >= 15 is 0 Å². The van der Waals surface area contributed by atoms with Crippen LogP contribution >= 0.6 is 12.4 Å². The SMILES string of the molecule is Cl.O=C(NCc1ccc(Oc2cccc(F)c2)nc1)c1ccn(C2CCCNC2)n1. The molecule has 2 aromatic heterocycles. The number of halogens is 2. The highest BCUT2D eigenvalue weighted by atomic mass is 35.5. The number of carbonyl (C=O) groups is 1. The molecule has 0 aliphatic carbocycles. The molecule has 3 heterocycles. The van der Waals surface area contributed by atoms with Gasteiger partial charge in [0.15, 0.2) is 0 Å². The van der Waals surface area contributed by atoms with Crippen LogP contribution in [0.15, 0.2) is 54.9 Å². The predicted octanol–water partition coefficient (Wildman–Crippen LogP) is 3.49. The first-order valence-corrected chi connectivity index (χ1v) is 9.60. The van der Waals surface area contributed by atoms with Crippen molar-refractivity contribution in [1.29, 1.82) is 0 Å². The maximum atomic E-state index is 13.2. The van der Waals surface area contributed by atoms with E-state index in [1.165, 1.54) is 12.1 Å². The molecule has 1 amide bonds. The van der Waals surface area contributed by atoms with Gasteiger partial charge >= 0.3 is 0 Å². The number of piperidine rings is 1. The molecule has 0 radical (unpaired) electrons. The highest BCUT2D eigenvalue weighted by Gasteiger charge is 2.17. The van der Waals surface area contributed by atoms with Crippen molar-refractivity contribution in [1.82, 2.24) is 25.4 Å². The van der Waals surface area contributed by atoms with Crippen molar-refractivity contribution < 1.29 is 13.9 Å². The fraction of sp³-hybridized carbons (Fsp3) is 0.286. The van der Waals surface area contributed by atoms with Gasteiger partial charge in [0.1, 0.15) is 17.3 Å². The lowest BCUT2D eigenvalue weighted by atomic mass is 10.1. The molecule has 1 aliphatic rings. The van der Waals surface area contributed by atoms with E-state index in [0.29, 0.717) is 29.9 Å². The molecule has 1 fully saturated rings. The van der Waals surface area contributed by atoms with Crippen molar-refractivity contribution in [3.05, 3.63) is 71.9 Å². The molecule has 30 heavy (non-hydrogen) atoms. The van der Waals surface area contributed by atoms with Crippen LogP contribution in [-0.2, 0) is 6.54 Å². The van der Waals surface area contributed by atoms with E-state index in [-0.39, 0.29) is 24.1 Å². The number of pyridine rings is 1. The molecule has 1 aliphatic heterocycles. The first kappa shape index (κ1) is 21.7. The molecule has 1 saturated heterocycles. The largest absolute Gasteiger partial charge is 0.439 e. The predicted molar refractivity (Wildman–Crippen MR) is 112 cm³/mol. The van der Waals surface area contributed by atoms with Crippen LogP contribution < -0.4 is 15.4 Å². The van der Waals surface area contributed by atoms with Crippen LogP contribution in [0.5, 0.6) is 11.6 Å². The molecular formula is C21H23ClFN5O2. The van der Waals surface area contributed by atoms with Gasteiger partial charge in [0, 0.05) is 37.6 Å². The van der Waals surface area contributed by atoms with Gasteiger partial charge in [-0.05, 0) is 43.1 Å². The first-order valence-electron chi connectivity index (χ1n) is 9.60. The number of hydrogen-bond acceptors (Lipinski definition) is 5. The molecule has 3 aromatic rings. The van der Waals surface area contributed by atoms with E-state index < -0.39 is 0 Å². The van der Waals surface area contributed by atoms with Crippen molar-refractivity contribution >= 4 is 18.3 Å². The van der Waals surface area contributed by atoms with Gasteiger partial charge in [-0.2, -0.15) is 5.10 Å². The van der Waals surface area contributed by atoms with Gasteiger partial charge in [0.25, 0.3) is 5.91 Å². The van der Waals surface area contributed by atoms with Crippen molar-refractivity contribution in [2.75, 3.05) is 13.1 Å². The molecule has 1 unspecified atom stereocenters. The fourth-order valence-electron chi connectivity index (χ4n) is 3.22. The van der Waals surface area contributed by atoms with E-state index in [4.69, 9.17) is 4.74 Å². The van der Waals surface area contributed by atoms with Gasteiger partial charge in [-0.3, -0.25) is 9.48 Å². The van der Waals surface area contributed by atoms with Crippen molar-refractivity contribution in [3.8, 4) is 11.6 Å². The van der Waals surface area contributed by atoms with Gasteiger partial charge in [-0.15, -0.1) is 12.4 Å².